The van der Waals surface area contributed by atoms with E-state index in [1.54, 1.807) is 6.92 Å². The first-order valence-corrected chi connectivity index (χ1v) is 6.56. The lowest BCUT2D eigenvalue weighted by Gasteiger charge is -2.23. The molecule has 4 nitrogen and oxygen atoms in total. The third-order valence-corrected chi connectivity index (χ3v) is 2.83. The van der Waals surface area contributed by atoms with Crippen molar-refractivity contribution >= 4 is 17.3 Å². The lowest BCUT2D eigenvalue weighted by molar-refractivity contribution is 0.0527. The van der Waals surface area contributed by atoms with E-state index in [9.17, 15) is 9.18 Å². The highest BCUT2D eigenvalue weighted by Crippen LogP contribution is 2.26. The van der Waals surface area contributed by atoms with Gasteiger partial charge in [-0.1, -0.05) is 6.92 Å². The van der Waals surface area contributed by atoms with Crippen molar-refractivity contribution in [2.24, 2.45) is 0 Å². The van der Waals surface area contributed by atoms with Crippen molar-refractivity contribution in [3.63, 3.8) is 0 Å². The van der Waals surface area contributed by atoms with E-state index in [0.29, 0.717) is 12.2 Å². The van der Waals surface area contributed by atoms with Crippen molar-refractivity contribution in [1.29, 1.82) is 0 Å². The highest BCUT2D eigenvalue weighted by atomic mass is 19.1. The maximum atomic E-state index is 14.0. The van der Waals surface area contributed by atoms with Gasteiger partial charge in [0.25, 0.3) is 0 Å². The van der Waals surface area contributed by atoms with Crippen molar-refractivity contribution in [2.45, 2.75) is 27.2 Å². The van der Waals surface area contributed by atoms with Gasteiger partial charge in [0.05, 0.1) is 17.9 Å². The average Bonchev–Trinajstić information content (AvgIpc) is 2.37. The summed E-state index contributed by atoms with van der Waals surface area (Å²) >= 11 is 0. The van der Waals surface area contributed by atoms with E-state index in [2.05, 4.69) is 0 Å². The Labute approximate surface area is 113 Å². The number of ether oxygens (including phenoxy) is 1. The van der Waals surface area contributed by atoms with Crippen LogP contribution in [0.2, 0.25) is 0 Å². The molecule has 0 saturated heterocycles. The number of esters is 1. The van der Waals surface area contributed by atoms with E-state index in [1.807, 2.05) is 18.7 Å². The van der Waals surface area contributed by atoms with Crippen LogP contribution in [0.4, 0.5) is 15.8 Å². The first kappa shape index (κ1) is 15.3. The second-order valence-corrected chi connectivity index (χ2v) is 4.19. The van der Waals surface area contributed by atoms with Crippen molar-refractivity contribution in [3.8, 4) is 0 Å². The number of nitrogens with zero attached hydrogens (tertiary/aromatic N) is 1. The molecule has 0 saturated carbocycles. The summed E-state index contributed by atoms with van der Waals surface area (Å²) in [4.78, 5) is 13.6. The molecule has 0 atom stereocenters. The number of halogens is 1. The van der Waals surface area contributed by atoms with Gasteiger partial charge in [-0.05, 0) is 32.4 Å². The molecule has 0 aromatic heterocycles. The van der Waals surface area contributed by atoms with Crippen molar-refractivity contribution in [1.82, 2.24) is 0 Å². The molecule has 0 aliphatic rings. The number of hydrogen-bond acceptors (Lipinski definition) is 4. The number of carbonyl (C=O) groups excluding carboxylic acids is 1. The Kier molecular flexibility index (Phi) is 5.60. The van der Waals surface area contributed by atoms with Crippen LogP contribution in [0, 0.1) is 5.82 Å². The van der Waals surface area contributed by atoms with Crippen LogP contribution >= 0.6 is 0 Å². The van der Waals surface area contributed by atoms with E-state index >= 15 is 0 Å². The summed E-state index contributed by atoms with van der Waals surface area (Å²) in [5, 5.41) is 0. The predicted octanol–water partition coefficient (Wildman–Crippen LogP) is 2.82. The number of nitrogen functional groups attached to an aromatic ring is 1. The van der Waals surface area contributed by atoms with Crippen LogP contribution in [0.1, 0.15) is 37.6 Å². The topological polar surface area (TPSA) is 55.6 Å². The first-order valence-electron chi connectivity index (χ1n) is 6.56. The number of nitrogens with two attached hydrogens (primary N) is 1. The zero-order chi connectivity index (χ0) is 14.4. The molecule has 0 heterocycles. The lowest BCUT2D eigenvalue weighted by Crippen LogP contribution is -2.25. The summed E-state index contributed by atoms with van der Waals surface area (Å²) in [6.45, 7) is 7.32. The number of anilines is 2. The van der Waals surface area contributed by atoms with E-state index in [4.69, 9.17) is 10.5 Å². The van der Waals surface area contributed by atoms with Crippen molar-refractivity contribution in [2.75, 3.05) is 30.3 Å². The molecule has 0 radical (unpaired) electrons. The fraction of sp³-hybridized carbons (Fsp3) is 0.500. The molecule has 0 spiro atoms. The van der Waals surface area contributed by atoms with Crippen molar-refractivity contribution in [3.05, 3.63) is 23.5 Å². The Morgan fingerprint density at radius 1 is 1.37 bits per heavy atom. The number of rotatable bonds is 6. The fourth-order valence-corrected chi connectivity index (χ4v) is 1.92. The maximum Gasteiger partial charge on any atom is 0.340 e. The van der Waals surface area contributed by atoms with Crippen molar-refractivity contribution < 1.29 is 13.9 Å². The van der Waals surface area contributed by atoms with Crippen LogP contribution in [0.25, 0.3) is 0 Å². The van der Waals surface area contributed by atoms with Crippen LogP contribution in [-0.2, 0) is 4.74 Å². The molecular weight excluding hydrogens is 247 g/mol. The normalized spacial score (nSPS) is 10.3. The standard InChI is InChI=1S/C14H21FN2O2/c1-4-7-17(5-2)13-8-10(14(18)19-6-3)12(16)9-11(13)15/h8-9H,4-7,16H2,1-3H3. The van der Waals surface area contributed by atoms with Gasteiger partial charge in [-0.15, -0.1) is 0 Å². The lowest BCUT2D eigenvalue weighted by atomic mass is 10.1. The highest BCUT2D eigenvalue weighted by Gasteiger charge is 2.17. The van der Waals surface area contributed by atoms with Gasteiger partial charge >= 0.3 is 5.97 Å². The molecule has 0 aliphatic carbocycles. The maximum absolute atomic E-state index is 14.0. The Morgan fingerprint density at radius 2 is 2.05 bits per heavy atom. The Bertz CT molecular complexity index is 449. The minimum atomic E-state index is -0.520. The van der Waals surface area contributed by atoms with Crippen LogP contribution in [0.15, 0.2) is 12.1 Å². The van der Waals surface area contributed by atoms with Crippen LogP contribution < -0.4 is 10.6 Å². The van der Waals surface area contributed by atoms with Gasteiger partial charge in [0.2, 0.25) is 0 Å². The molecule has 5 heteroatoms. The minimum absolute atomic E-state index is 0.104. The van der Waals surface area contributed by atoms with E-state index in [0.717, 1.165) is 13.0 Å². The van der Waals surface area contributed by atoms with Crippen LogP contribution in [-0.4, -0.2) is 25.7 Å². The van der Waals surface area contributed by atoms with Gasteiger partial charge in [-0.2, -0.15) is 0 Å². The molecule has 0 unspecified atom stereocenters. The minimum Gasteiger partial charge on any atom is -0.462 e. The molecule has 0 aliphatic heterocycles. The summed E-state index contributed by atoms with van der Waals surface area (Å²) < 4.78 is 18.9. The van der Waals surface area contributed by atoms with Gasteiger partial charge in [0.15, 0.2) is 0 Å². The van der Waals surface area contributed by atoms with E-state index < -0.39 is 11.8 Å². The molecule has 1 rings (SSSR count). The van der Waals surface area contributed by atoms with Gasteiger partial charge in [0.1, 0.15) is 5.82 Å². The van der Waals surface area contributed by atoms with Crippen LogP contribution in [0.5, 0.6) is 0 Å². The Balaban J connectivity index is 3.18. The number of carbonyl (C=O) groups is 1. The SMILES string of the molecule is CCCN(CC)c1cc(C(=O)OCC)c(N)cc1F. The Morgan fingerprint density at radius 3 is 2.58 bits per heavy atom. The zero-order valence-electron chi connectivity index (χ0n) is 11.7. The fourth-order valence-electron chi connectivity index (χ4n) is 1.92. The van der Waals surface area contributed by atoms with Gasteiger partial charge in [-0.25, -0.2) is 9.18 Å². The largest absolute Gasteiger partial charge is 0.462 e. The molecule has 106 valence electrons. The predicted molar refractivity (Wildman–Crippen MR) is 74.9 cm³/mol. The third kappa shape index (κ3) is 3.59. The molecule has 1 aromatic rings. The molecule has 2 N–H and O–H groups in total. The van der Waals surface area contributed by atoms with E-state index in [-0.39, 0.29) is 17.9 Å². The van der Waals surface area contributed by atoms with Gasteiger partial charge in [0, 0.05) is 18.8 Å². The number of hydrogen-bond donors (Lipinski definition) is 1. The molecular formula is C14H21FN2O2. The molecule has 0 fully saturated rings. The summed E-state index contributed by atoms with van der Waals surface area (Å²) in [6, 6.07) is 2.65. The summed E-state index contributed by atoms with van der Waals surface area (Å²) in [6.07, 6.45) is 0.895. The Hall–Kier alpha value is -1.78. The average molecular weight is 268 g/mol. The second-order valence-electron chi connectivity index (χ2n) is 4.19. The smallest absolute Gasteiger partial charge is 0.340 e. The molecule has 0 amide bonds. The van der Waals surface area contributed by atoms with Gasteiger partial charge < -0.3 is 15.4 Å². The quantitative estimate of drug-likeness (QED) is 0.636. The van der Waals surface area contributed by atoms with E-state index in [1.165, 1.54) is 12.1 Å². The molecule has 19 heavy (non-hydrogen) atoms. The second kappa shape index (κ2) is 6.97. The third-order valence-electron chi connectivity index (χ3n) is 2.83. The van der Waals surface area contributed by atoms with Gasteiger partial charge in [-0.3, -0.25) is 0 Å². The zero-order valence-corrected chi connectivity index (χ0v) is 11.7. The molecule has 0 bridgehead atoms. The summed E-state index contributed by atoms with van der Waals surface area (Å²) in [5.74, 6) is -0.936. The number of benzene rings is 1. The molecule has 1 aromatic carbocycles. The summed E-state index contributed by atoms with van der Waals surface area (Å²) in [7, 11) is 0. The first-order chi connectivity index (χ1) is 9.04. The summed E-state index contributed by atoms with van der Waals surface area (Å²) in [5.41, 5.74) is 6.39. The highest BCUT2D eigenvalue weighted by molar-refractivity contribution is 5.96. The monoisotopic (exact) mass is 268 g/mol. The van der Waals surface area contributed by atoms with Crippen LogP contribution in [0.3, 0.4) is 0 Å².